The highest BCUT2D eigenvalue weighted by Gasteiger charge is 2.55. The summed E-state index contributed by atoms with van der Waals surface area (Å²) in [5.74, 6) is 1.59. The van der Waals surface area contributed by atoms with Crippen molar-refractivity contribution in [2.45, 2.75) is 83.4 Å². The Balaban J connectivity index is 1.80. The Bertz CT molecular complexity index is 283. The average Bonchev–Trinajstić information content (AvgIpc) is 2.81. The molecule has 3 rings (SSSR count). The van der Waals surface area contributed by atoms with E-state index in [1.165, 1.54) is 44.9 Å². The Labute approximate surface area is 106 Å². The third-order valence-corrected chi connectivity index (χ3v) is 5.39. The van der Waals surface area contributed by atoms with E-state index in [2.05, 4.69) is 25.8 Å². The molecule has 3 unspecified atom stereocenters. The number of hydrogen-bond donors (Lipinski definition) is 0. The van der Waals surface area contributed by atoms with Gasteiger partial charge in [0, 0.05) is 18.0 Å². The summed E-state index contributed by atoms with van der Waals surface area (Å²) in [4.78, 5) is 6.36. The van der Waals surface area contributed by atoms with Crippen LogP contribution in [0.4, 0.5) is 0 Å². The van der Waals surface area contributed by atoms with Gasteiger partial charge in [0.05, 0.1) is 5.60 Å². The van der Waals surface area contributed by atoms with Gasteiger partial charge in [0.15, 0.2) is 0 Å². The standard InChI is InChI=1S/C15H27NO/c1-11-9-10-13-14(11)16(17-15(13,2)3)12-7-5-4-6-8-12/h11-14H,4-10H2,1-3H3. The van der Waals surface area contributed by atoms with E-state index < -0.39 is 0 Å². The van der Waals surface area contributed by atoms with Crippen molar-refractivity contribution in [3.63, 3.8) is 0 Å². The van der Waals surface area contributed by atoms with Gasteiger partial charge in [0.1, 0.15) is 0 Å². The molecule has 1 heterocycles. The van der Waals surface area contributed by atoms with Crippen LogP contribution < -0.4 is 0 Å². The molecule has 0 spiro atoms. The Hall–Kier alpha value is -0.0800. The molecular weight excluding hydrogens is 210 g/mol. The highest BCUT2D eigenvalue weighted by Crippen LogP contribution is 2.50. The van der Waals surface area contributed by atoms with Crippen molar-refractivity contribution in [1.82, 2.24) is 5.06 Å². The molecule has 0 aromatic rings. The molecule has 0 aromatic carbocycles. The van der Waals surface area contributed by atoms with Gasteiger partial charge in [-0.25, -0.2) is 0 Å². The molecule has 98 valence electrons. The number of hydrogen-bond acceptors (Lipinski definition) is 2. The van der Waals surface area contributed by atoms with Crippen LogP contribution >= 0.6 is 0 Å². The summed E-state index contributed by atoms with van der Waals surface area (Å²) in [6, 6.07) is 1.41. The molecule has 3 fully saturated rings. The summed E-state index contributed by atoms with van der Waals surface area (Å²) >= 11 is 0. The maximum atomic E-state index is 6.36. The van der Waals surface area contributed by atoms with Crippen LogP contribution in [0.15, 0.2) is 0 Å². The van der Waals surface area contributed by atoms with E-state index in [0.717, 1.165) is 11.8 Å². The summed E-state index contributed by atoms with van der Waals surface area (Å²) < 4.78 is 0. The van der Waals surface area contributed by atoms with Crippen molar-refractivity contribution in [3.05, 3.63) is 0 Å². The van der Waals surface area contributed by atoms with Crippen LogP contribution in [0, 0.1) is 11.8 Å². The van der Waals surface area contributed by atoms with Crippen molar-refractivity contribution >= 4 is 0 Å². The lowest BCUT2D eigenvalue weighted by molar-refractivity contribution is -0.228. The fraction of sp³-hybridized carbons (Fsp3) is 1.00. The smallest absolute Gasteiger partial charge is 0.0887 e. The second-order valence-electron chi connectivity index (χ2n) is 7.00. The molecule has 3 atom stereocenters. The normalized spacial score (nSPS) is 42.9. The van der Waals surface area contributed by atoms with Crippen LogP contribution in [-0.2, 0) is 4.84 Å². The van der Waals surface area contributed by atoms with Crippen LogP contribution in [0.25, 0.3) is 0 Å². The van der Waals surface area contributed by atoms with Gasteiger partial charge in [-0.05, 0) is 45.4 Å². The molecule has 1 aliphatic heterocycles. The molecule has 2 nitrogen and oxygen atoms in total. The predicted octanol–water partition coefficient (Wildman–Crippen LogP) is 3.76. The molecule has 0 radical (unpaired) electrons. The number of rotatable bonds is 1. The Morgan fingerprint density at radius 3 is 2.41 bits per heavy atom. The second-order valence-corrected chi connectivity index (χ2v) is 7.00. The quantitative estimate of drug-likeness (QED) is 0.688. The first-order chi connectivity index (χ1) is 8.09. The van der Waals surface area contributed by atoms with Crippen LogP contribution in [0.2, 0.25) is 0 Å². The van der Waals surface area contributed by atoms with Crippen molar-refractivity contribution in [2.24, 2.45) is 11.8 Å². The molecule has 2 aliphatic carbocycles. The number of fused-ring (bicyclic) bond motifs is 1. The lowest BCUT2D eigenvalue weighted by Gasteiger charge is -2.35. The Morgan fingerprint density at radius 2 is 1.71 bits per heavy atom. The van der Waals surface area contributed by atoms with Crippen LogP contribution in [0.5, 0.6) is 0 Å². The zero-order chi connectivity index (χ0) is 12.0. The molecule has 17 heavy (non-hydrogen) atoms. The zero-order valence-corrected chi connectivity index (χ0v) is 11.6. The summed E-state index contributed by atoms with van der Waals surface area (Å²) in [5, 5.41) is 2.45. The minimum atomic E-state index is 0.0763. The fourth-order valence-electron chi connectivity index (χ4n) is 4.42. The van der Waals surface area contributed by atoms with Gasteiger partial charge >= 0.3 is 0 Å². The maximum Gasteiger partial charge on any atom is 0.0887 e. The number of hydroxylamine groups is 2. The number of nitrogens with zero attached hydrogens (tertiary/aromatic N) is 1. The van der Waals surface area contributed by atoms with Crippen LogP contribution in [-0.4, -0.2) is 22.7 Å². The minimum absolute atomic E-state index is 0.0763. The van der Waals surface area contributed by atoms with Gasteiger partial charge in [-0.2, -0.15) is 5.06 Å². The van der Waals surface area contributed by atoms with E-state index in [1.807, 2.05) is 0 Å². The first-order valence-corrected chi connectivity index (χ1v) is 7.57. The van der Waals surface area contributed by atoms with E-state index in [1.54, 1.807) is 0 Å². The predicted molar refractivity (Wildman–Crippen MR) is 69.6 cm³/mol. The molecule has 2 heteroatoms. The van der Waals surface area contributed by atoms with Gasteiger partial charge in [-0.3, -0.25) is 4.84 Å². The lowest BCUT2D eigenvalue weighted by Crippen LogP contribution is -2.42. The van der Waals surface area contributed by atoms with E-state index in [0.29, 0.717) is 12.1 Å². The van der Waals surface area contributed by atoms with Gasteiger partial charge in [0.25, 0.3) is 0 Å². The van der Waals surface area contributed by atoms with E-state index in [9.17, 15) is 0 Å². The highest BCUT2D eigenvalue weighted by molar-refractivity contribution is 5.01. The van der Waals surface area contributed by atoms with Crippen molar-refractivity contribution in [3.8, 4) is 0 Å². The fourth-order valence-corrected chi connectivity index (χ4v) is 4.42. The first kappa shape index (κ1) is 12.0. The lowest BCUT2D eigenvalue weighted by atomic mass is 9.85. The molecule has 0 amide bonds. The Morgan fingerprint density at radius 1 is 1.00 bits per heavy atom. The molecule has 1 saturated heterocycles. The summed E-state index contributed by atoms with van der Waals surface area (Å²) in [7, 11) is 0. The van der Waals surface area contributed by atoms with Crippen molar-refractivity contribution in [1.29, 1.82) is 0 Å². The van der Waals surface area contributed by atoms with Gasteiger partial charge in [-0.1, -0.05) is 26.2 Å². The summed E-state index contributed by atoms with van der Waals surface area (Å²) in [6.07, 6.45) is 9.69. The largest absolute Gasteiger partial charge is 0.292 e. The molecular formula is C15H27NO. The van der Waals surface area contributed by atoms with Crippen molar-refractivity contribution in [2.75, 3.05) is 0 Å². The van der Waals surface area contributed by atoms with Gasteiger partial charge in [-0.15, -0.1) is 0 Å². The van der Waals surface area contributed by atoms with E-state index in [4.69, 9.17) is 4.84 Å². The monoisotopic (exact) mass is 237 g/mol. The molecule has 3 aliphatic rings. The van der Waals surface area contributed by atoms with E-state index in [-0.39, 0.29) is 5.60 Å². The summed E-state index contributed by atoms with van der Waals surface area (Å²) in [6.45, 7) is 7.02. The SMILES string of the molecule is CC1CCC2C1N(C1CCCCC1)OC2(C)C. The second kappa shape index (κ2) is 4.24. The Kier molecular flexibility index (Phi) is 2.99. The summed E-state index contributed by atoms with van der Waals surface area (Å²) in [5.41, 5.74) is 0.0763. The molecule has 2 saturated carbocycles. The van der Waals surface area contributed by atoms with E-state index >= 15 is 0 Å². The molecule has 0 bridgehead atoms. The minimum Gasteiger partial charge on any atom is -0.292 e. The van der Waals surface area contributed by atoms with Gasteiger partial charge in [0.2, 0.25) is 0 Å². The topological polar surface area (TPSA) is 12.5 Å². The first-order valence-electron chi connectivity index (χ1n) is 7.57. The van der Waals surface area contributed by atoms with Crippen LogP contribution in [0.1, 0.15) is 65.7 Å². The van der Waals surface area contributed by atoms with Gasteiger partial charge < -0.3 is 0 Å². The maximum absolute atomic E-state index is 6.36. The zero-order valence-electron chi connectivity index (χ0n) is 11.6. The van der Waals surface area contributed by atoms with Crippen molar-refractivity contribution < 1.29 is 4.84 Å². The molecule has 0 aromatic heterocycles. The average molecular weight is 237 g/mol. The highest BCUT2D eigenvalue weighted by atomic mass is 16.7. The van der Waals surface area contributed by atoms with Crippen LogP contribution in [0.3, 0.4) is 0 Å². The third kappa shape index (κ3) is 1.94. The molecule has 0 N–H and O–H groups in total. The third-order valence-electron chi connectivity index (χ3n) is 5.39.